The SMILES string of the molecule is CCOC(=O)C1=C(CN2CCN3C(=O)N(CC(C)(C)O)CC3C2)NC(C2=CCC=CS2)=NC1c1cccc(F)c1Cl. The Morgan fingerprint density at radius 3 is 2.83 bits per heavy atom. The average Bonchev–Trinajstić information content (AvgIpc) is 3.23. The summed E-state index contributed by atoms with van der Waals surface area (Å²) in [4.78, 5) is 38.0. The Morgan fingerprint density at radius 2 is 2.12 bits per heavy atom. The van der Waals surface area contributed by atoms with E-state index in [4.69, 9.17) is 21.3 Å². The average molecular weight is 604 g/mol. The van der Waals surface area contributed by atoms with Crippen LogP contribution in [0.1, 0.15) is 38.8 Å². The van der Waals surface area contributed by atoms with E-state index in [-0.39, 0.29) is 35.8 Å². The molecule has 4 heterocycles. The lowest BCUT2D eigenvalue weighted by Crippen LogP contribution is -2.53. The van der Waals surface area contributed by atoms with E-state index >= 15 is 0 Å². The first kappa shape index (κ1) is 29.6. The molecule has 4 aliphatic rings. The third-order valence-electron chi connectivity index (χ3n) is 7.34. The topological polar surface area (TPSA) is 97.7 Å². The van der Waals surface area contributed by atoms with Crippen LogP contribution < -0.4 is 5.32 Å². The lowest BCUT2D eigenvalue weighted by molar-refractivity contribution is -0.139. The van der Waals surface area contributed by atoms with Crippen LogP contribution in [-0.4, -0.2) is 95.2 Å². The second-order valence-electron chi connectivity index (χ2n) is 11.1. The second kappa shape index (κ2) is 12.2. The van der Waals surface area contributed by atoms with Gasteiger partial charge in [-0.2, -0.15) is 0 Å². The highest BCUT2D eigenvalue weighted by atomic mass is 35.5. The lowest BCUT2D eigenvalue weighted by Gasteiger charge is -2.38. The monoisotopic (exact) mass is 603 g/mol. The van der Waals surface area contributed by atoms with Gasteiger partial charge in [-0.1, -0.05) is 47.6 Å². The molecule has 4 aliphatic heterocycles. The van der Waals surface area contributed by atoms with Crippen molar-refractivity contribution < 1.29 is 23.8 Å². The maximum atomic E-state index is 14.6. The van der Waals surface area contributed by atoms with Crippen LogP contribution in [0.2, 0.25) is 5.02 Å². The largest absolute Gasteiger partial charge is 0.463 e. The summed E-state index contributed by atoms with van der Waals surface area (Å²) in [6, 6.07) is 3.54. The molecule has 0 bridgehead atoms. The minimum absolute atomic E-state index is 0.0443. The van der Waals surface area contributed by atoms with Gasteiger partial charge in [0.25, 0.3) is 0 Å². The molecule has 220 valence electrons. The summed E-state index contributed by atoms with van der Waals surface area (Å²) in [5, 5.41) is 15.6. The zero-order valence-corrected chi connectivity index (χ0v) is 25.0. The van der Waals surface area contributed by atoms with E-state index in [0.29, 0.717) is 49.8 Å². The number of hydrogen-bond acceptors (Lipinski definition) is 8. The zero-order chi connectivity index (χ0) is 29.3. The summed E-state index contributed by atoms with van der Waals surface area (Å²) in [5.74, 6) is -0.547. The normalized spacial score (nSPS) is 23.3. The van der Waals surface area contributed by atoms with Gasteiger partial charge in [0.2, 0.25) is 0 Å². The molecule has 9 nitrogen and oxygen atoms in total. The Bertz CT molecular complexity index is 1340. The van der Waals surface area contributed by atoms with E-state index < -0.39 is 23.4 Å². The predicted octanol–water partition coefficient (Wildman–Crippen LogP) is 4.07. The molecule has 2 unspecified atom stereocenters. The summed E-state index contributed by atoms with van der Waals surface area (Å²) in [6.07, 6.45) is 4.84. The van der Waals surface area contributed by atoms with Crippen molar-refractivity contribution in [2.24, 2.45) is 4.99 Å². The molecule has 0 saturated carbocycles. The van der Waals surface area contributed by atoms with Crippen molar-refractivity contribution in [1.82, 2.24) is 20.0 Å². The van der Waals surface area contributed by atoms with Crippen molar-refractivity contribution in [3.05, 3.63) is 68.3 Å². The number of esters is 1. The lowest BCUT2D eigenvalue weighted by atomic mass is 9.94. The highest BCUT2D eigenvalue weighted by molar-refractivity contribution is 8.06. The molecule has 2 fully saturated rings. The number of carbonyl (C=O) groups is 2. The number of nitrogens with zero attached hydrogens (tertiary/aromatic N) is 4. The number of ether oxygens (including phenoxy) is 1. The van der Waals surface area contributed by atoms with E-state index in [2.05, 4.69) is 10.2 Å². The molecule has 5 rings (SSSR count). The molecular formula is C29H35ClFN5O4S. The predicted molar refractivity (Wildman–Crippen MR) is 158 cm³/mol. The van der Waals surface area contributed by atoms with Crippen molar-refractivity contribution in [1.29, 1.82) is 0 Å². The van der Waals surface area contributed by atoms with Crippen LogP contribution in [0.4, 0.5) is 9.18 Å². The fourth-order valence-electron chi connectivity index (χ4n) is 5.61. The van der Waals surface area contributed by atoms with Crippen molar-refractivity contribution in [3.63, 3.8) is 0 Å². The number of carbonyl (C=O) groups excluding carboxylic acids is 2. The van der Waals surface area contributed by atoms with Crippen molar-refractivity contribution in [3.8, 4) is 0 Å². The third-order valence-corrected chi connectivity index (χ3v) is 8.68. The molecule has 0 radical (unpaired) electrons. The van der Waals surface area contributed by atoms with Gasteiger partial charge in [0.15, 0.2) is 0 Å². The third kappa shape index (κ3) is 6.48. The van der Waals surface area contributed by atoms with Crippen LogP contribution >= 0.6 is 23.4 Å². The molecule has 12 heteroatoms. The molecule has 0 aromatic heterocycles. The maximum Gasteiger partial charge on any atom is 0.338 e. The first-order valence-electron chi connectivity index (χ1n) is 13.8. The highest BCUT2D eigenvalue weighted by Gasteiger charge is 2.43. The molecule has 2 atom stereocenters. The number of benzene rings is 1. The van der Waals surface area contributed by atoms with Crippen LogP contribution in [0.5, 0.6) is 0 Å². The Labute approximate surface area is 248 Å². The fourth-order valence-corrected chi connectivity index (χ4v) is 6.60. The number of rotatable bonds is 8. The van der Waals surface area contributed by atoms with Crippen LogP contribution in [-0.2, 0) is 9.53 Å². The Hall–Kier alpha value is -2.86. The van der Waals surface area contributed by atoms with Gasteiger partial charge >= 0.3 is 12.0 Å². The number of β-amino-alcohol motifs (C(OH)–C–C–N with tert-alkyl or cyclic N) is 1. The summed E-state index contributed by atoms with van der Waals surface area (Å²) in [6.45, 7) is 8.15. The van der Waals surface area contributed by atoms with Gasteiger partial charge in [-0.25, -0.2) is 14.0 Å². The second-order valence-corrected chi connectivity index (χ2v) is 12.4. The van der Waals surface area contributed by atoms with E-state index in [1.807, 2.05) is 22.5 Å². The van der Waals surface area contributed by atoms with Gasteiger partial charge in [-0.3, -0.25) is 9.89 Å². The van der Waals surface area contributed by atoms with E-state index in [0.717, 1.165) is 11.3 Å². The molecule has 1 aromatic carbocycles. The summed E-state index contributed by atoms with van der Waals surface area (Å²) < 4.78 is 20.1. The summed E-state index contributed by atoms with van der Waals surface area (Å²) >= 11 is 7.96. The van der Waals surface area contributed by atoms with Gasteiger partial charge < -0.3 is 25.0 Å². The number of amides is 2. The number of allylic oxidation sites excluding steroid dienone is 2. The number of amidine groups is 1. The fraction of sp³-hybridized carbons (Fsp3) is 0.483. The minimum atomic E-state index is -0.987. The molecule has 2 amide bonds. The molecule has 1 aromatic rings. The maximum absolute atomic E-state index is 14.6. The van der Waals surface area contributed by atoms with Gasteiger partial charge in [-0.05, 0) is 38.7 Å². The van der Waals surface area contributed by atoms with Crippen LogP contribution in [0.15, 0.2) is 56.9 Å². The van der Waals surface area contributed by atoms with Crippen LogP contribution in [0, 0.1) is 5.82 Å². The van der Waals surface area contributed by atoms with E-state index in [9.17, 15) is 19.1 Å². The van der Waals surface area contributed by atoms with Crippen LogP contribution in [0.3, 0.4) is 0 Å². The van der Waals surface area contributed by atoms with Gasteiger partial charge in [0.05, 0.1) is 40.3 Å². The molecule has 2 N–H and O–H groups in total. The molecule has 2 saturated heterocycles. The van der Waals surface area contributed by atoms with Crippen molar-refractivity contribution >= 4 is 41.2 Å². The number of halogens is 2. The molecular weight excluding hydrogens is 569 g/mol. The number of aliphatic imine (C=N–C) groups is 1. The van der Waals surface area contributed by atoms with Gasteiger partial charge in [0, 0.05) is 44.0 Å². The van der Waals surface area contributed by atoms with Gasteiger partial charge in [0.1, 0.15) is 17.7 Å². The summed E-state index contributed by atoms with van der Waals surface area (Å²) in [7, 11) is 0. The van der Waals surface area contributed by atoms with Crippen LogP contribution in [0.25, 0.3) is 0 Å². The number of piperazine rings is 1. The molecule has 41 heavy (non-hydrogen) atoms. The Kier molecular flexibility index (Phi) is 8.79. The standard InChI is InChI=1S/C29H35ClFN5O4S/c1-4-40-27(37)23-21(16-34-11-12-36-18(14-34)15-35(28(36)38)17-29(2,3)39)32-26(22-10-5-6-13-41-22)33-25(23)19-8-7-9-20(31)24(19)30/h6-10,13,18,25,39H,4-5,11-12,14-17H2,1-3H3,(H,32,33). The smallest absolute Gasteiger partial charge is 0.338 e. The quantitative estimate of drug-likeness (QED) is 0.433. The molecule has 0 aliphatic carbocycles. The van der Waals surface area contributed by atoms with Crippen molar-refractivity contribution in [2.45, 2.75) is 44.9 Å². The first-order valence-corrected chi connectivity index (χ1v) is 15.0. The Balaban J connectivity index is 1.47. The summed E-state index contributed by atoms with van der Waals surface area (Å²) in [5.41, 5.74) is 0.297. The number of aliphatic hydroxyl groups is 1. The molecule has 0 spiro atoms. The first-order chi connectivity index (χ1) is 19.6. The van der Waals surface area contributed by atoms with Crippen molar-refractivity contribution in [2.75, 3.05) is 45.9 Å². The number of thioether (sulfide) groups is 1. The minimum Gasteiger partial charge on any atom is -0.463 e. The van der Waals surface area contributed by atoms with E-state index in [1.54, 1.807) is 37.8 Å². The zero-order valence-electron chi connectivity index (χ0n) is 23.4. The van der Waals surface area contributed by atoms with Gasteiger partial charge in [-0.15, -0.1) is 0 Å². The van der Waals surface area contributed by atoms with E-state index in [1.165, 1.54) is 17.8 Å². The Morgan fingerprint density at radius 1 is 1.32 bits per heavy atom. The number of hydrogen-bond donors (Lipinski definition) is 2. The number of urea groups is 1. The number of nitrogens with one attached hydrogen (secondary N) is 1. The number of fused-ring (bicyclic) bond motifs is 1. The highest BCUT2D eigenvalue weighted by Crippen LogP contribution is 2.39.